The Hall–Kier alpha value is -2.35. The van der Waals surface area contributed by atoms with E-state index in [2.05, 4.69) is 24.5 Å². The zero-order chi connectivity index (χ0) is 16.9. The number of rotatable bonds is 7. The Labute approximate surface area is 142 Å². The summed E-state index contributed by atoms with van der Waals surface area (Å²) in [6.45, 7) is 2.87. The second kappa shape index (κ2) is 7.48. The smallest absolute Gasteiger partial charge is 0.218 e. The van der Waals surface area contributed by atoms with Gasteiger partial charge in [0.2, 0.25) is 5.16 Å². The summed E-state index contributed by atoms with van der Waals surface area (Å²) in [7, 11) is -1.12. The third-order valence-corrected chi connectivity index (χ3v) is 5.10. The minimum Gasteiger partial charge on any atom is -0.382 e. The highest BCUT2D eigenvalue weighted by molar-refractivity contribution is 7.84. The first kappa shape index (κ1) is 16.5. The number of unbranched alkanes of at least 4 members (excludes halogenated alkanes) is 2. The molecule has 126 valence electrons. The molecule has 3 heterocycles. The molecule has 0 bridgehead atoms. The van der Waals surface area contributed by atoms with E-state index in [1.165, 1.54) is 0 Å². The van der Waals surface area contributed by atoms with Gasteiger partial charge in [-0.05, 0) is 31.4 Å². The molecule has 0 aliphatic carbocycles. The molecule has 2 N–H and O–H groups in total. The predicted octanol–water partition coefficient (Wildman–Crippen LogP) is 2.09. The van der Waals surface area contributed by atoms with Crippen molar-refractivity contribution in [3.8, 4) is 0 Å². The summed E-state index contributed by atoms with van der Waals surface area (Å²) in [4.78, 5) is 16.5. The fourth-order valence-corrected chi connectivity index (χ4v) is 3.63. The summed E-state index contributed by atoms with van der Waals surface area (Å²) >= 11 is 0. The Kier molecular flexibility index (Phi) is 5.14. The molecule has 0 aliphatic heterocycles. The van der Waals surface area contributed by atoms with Gasteiger partial charge in [-0.2, -0.15) is 0 Å². The molecule has 0 radical (unpaired) electrons. The fourth-order valence-electron chi connectivity index (χ4n) is 2.63. The van der Waals surface area contributed by atoms with Crippen LogP contribution in [0.4, 0.5) is 5.82 Å². The van der Waals surface area contributed by atoms with Crippen LogP contribution < -0.4 is 5.73 Å². The van der Waals surface area contributed by atoms with E-state index in [1.807, 2.05) is 13.3 Å². The lowest BCUT2D eigenvalue weighted by Gasteiger charge is -2.07. The van der Waals surface area contributed by atoms with Gasteiger partial charge in [-0.15, -0.1) is 0 Å². The number of fused-ring (bicyclic) bond motifs is 1. The van der Waals surface area contributed by atoms with Gasteiger partial charge >= 0.3 is 0 Å². The average Bonchev–Trinajstić information content (AvgIpc) is 3.04. The van der Waals surface area contributed by atoms with Gasteiger partial charge in [0.1, 0.15) is 5.52 Å². The van der Waals surface area contributed by atoms with Crippen LogP contribution in [0.1, 0.15) is 24.8 Å². The molecule has 3 rings (SSSR count). The first-order valence-corrected chi connectivity index (χ1v) is 9.20. The van der Waals surface area contributed by atoms with E-state index in [1.54, 1.807) is 24.7 Å². The average molecular weight is 344 g/mol. The molecule has 0 spiro atoms. The number of pyridine rings is 1. The Morgan fingerprint density at radius 1 is 1.12 bits per heavy atom. The highest BCUT2D eigenvalue weighted by atomic mass is 32.2. The normalized spacial score (nSPS) is 12.5. The van der Waals surface area contributed by atoms with Crippen LogP contribution in [0.15, 0.2) is 36.1 Å². The van der Waals surface area contributed by atoms with Gasteiger partial charge in [-0.3, -0.25) is 4.21 Å². The number of imidazole rings is 1. The topological polar surface area (TPSA) is 99.6 Å². The van der Waals surface area contributed by atoms with Gasteiger partial charge in [-0.1, -0.05) is 6.42 Å². The first-order valence-electron chi connectivity index (χ1n) is 7.88. The van der Waals surface area contributed by atoms with Crippen LogP contribution in [0.25, 0.3) is 11.0 Å². The van der Waals surface area contributed by atoms with Crippen molar-refractivity contribution in [2.75, 3.05) is 11.5 Å². The minimum atomic E-state index is -1.12. The molecule has 24 heavy (non-hydrogen) atoms. The van der Waals surface area contributed by atoms with Crippen LogP contribution in [0.5, 0.6) is 0 Å². The van der Waals surface area contributed by atoms with Crippen molar-refractivity contribution in [3.63, 3.8) is 0 Å². The summed E-state index contributed by atoms with van der Waals surface area (Å²) < 4.78 is 14.2. The molecule has 3 aromatic rings. The van der Waals surface area contributed by atoms with E-state index < -0.39 is 10.8 Å². The van der Waals surface area contributed by atoms with E-state index in [4.69, 9.17) is 5.73 Å². The van der Waals surface area contributed by atoms with E-state index in [9.17, 15) is 4.21 Å². The van der Waals surface area contributed by atoms with Crippen molar-refractivity contribution in [3.05, 3.63) is 36.5 Å². The maximum atomic E-state index is 12.0. The predicted molar refractivity (Wildman–Crippen MR) is 93.8 cm³/mol. The van der Waals surface area contributed by atoms with Crippen LogP contribution in [-0.4, -0.2) is 34.5 Å². The van der Waals surface area contributed by atoms with Gasteiger partial charge in [0.15, 0.2) is 5.82 Å². The molecular formula is C16H20N6OS. The van der Waals surface area contributed by atoms with Crippen LogP contribution in [-0.2, 0) is 17.3 Å². The largest absolute Gasteiger partial charge is 0.382 e. The summed E-state index contributed by atoms with van der Waals surface area (Å²) in [5.74, 6) is 1.05. The number of nitrogen functional groups attached to an aromatic ring is 1. The fraction of sp³-hybridized carbons (Fsp3) is 0.375. The summed E-state index contributed by atoms with van der Waals surface area (Å²) in [5, 5.41) is 0.414. The van der Waals surface area contributed by atoms with E-state index in [0.717, 1.165) is 42.4 Å². The number of nitrogens with two attached hydrogens (primary N) is 1. The summed E-state index contributed by atoms with van der Waals surface area (Å²) in [6, 6.07) is 1.72. The molecule has 1 atom stereocenters. The summed E-state index contributed by atoms with van der Waals surface area (Å²) in [6.07, 6.45) is 9.67. The van der Waals surface area contributed by atoms with Gasteiger partial charge in [0, 0.05) is 30.9 Å². The second-order valence-electron chi connectivity index (χ2n) is 5.60. The zero-order valence-electron chi connectivity index (χ0n) is 13.6. The Morgan fingerprint density at radius 2 is 1.92 bits per heavy atom. The van der Waals surface area contributed by atoms with Crippen LogP contribution in [0, 0.1) is 6.92 Å². The Morgan fingerprint density at radius 3 is 2.71 bits per heavy atom. The monoisotopic (exact) mass is 344 g/mol. The highest BCUT2D eigenvalue weighted by Gasteiger charge is 2.10. The quantitative estimate of drug-likeness (QED) is 0.520. The number of aryl methyl sites for hydroxylation is 2. The minimum absolute atomic E-state index is 0.414. The standard InChI is InChI=1S/C16H20N6OS/c1-12-10-20-15(17)13-14(12)22(11-21-13)8-3-2-4-9-24(23)16-18-6-5-7-19-16/h5-7,10-11H,2-4,8-9H2,1H3,(H2,17,20). The lowest BCUT2D eigenvalue weighted by molar-refractivity contribution is 0.609. The molecule has 0 saturated carbocycles. The van der Waals surface area contributed by atoms with Crippen LogP contribution >= 0.6 is 0 Å². The summed E-state index contributed by atoms with van der Waals surface area (Å²) in [5.41, 5.74) is 8.75. The van der Waals surface area contributed by atoms with Crippen molar-refractivity contribution in [2.24, 2.45) is 0 Å². The maximum Gasteiger partial charge on any atom is 0.218 e. The van der Waals surface area contributed by atoms with Gasteiger partial charge in [-0.25, -0.2) is 19.9 Å². The van der Waals surface area contributed by atoms with E-state index >= 15 is 0 Å². The Balaban J connectivity index is 1.51. The van der Waals surface area contributed by atoms with Crippen LogP contribution in [0.2, 0.25) is 0 Å². The van der Waals surface area contributed by atoms with Crippen molar-refractivity contribution >= 4 is 27.7 Å². The maximum absolute atomic E-state index is 12.0. The second-order valence-corrected chi connectivity index (χ2v) is 7.07. The number of nitrogens with zero attached hydrogens (tertiary/aromatic N) is 5. The van der Waals surface area contributed by atoms with Crippen LogP contribution in [0.3, 0.4) is 0 Å². The SMILES string of the molecule is Cc1cnc(N)c2ncn(CCCCCS(=O)c3ncccn3)c12. The van der Waals surface area contributed by atoms with Crippen molar-refractivity contribution in [2.45, 2.75) is 37.9 Å². The highest BCUT2D eigenvalue weighted by Crippen LogP contribution is 2.21. The lowest BCUT2D eigenvalue weighted by atomic mass is 10.2. The zero-order valence-corrected chi connectivity index (χ0v) is 14.4. The molecule has 0 amide bonds. The third kappa shape index (κ3) is 3.59. The van der Waals surface area contributed by atoms with Crippen molar-refractivity contribution in [1.82, 2.24) is 24.5 Å². The number of aromatic nitrogens is 5. The molecule has 0 aliphatic rings. The molecule has 0 saturated heterocycles. The number of hydrogen-bond donors (Lipinski definition) is 1. The van der Waals surface area contributed by atoms with Crippen molar-refractivity contribution in [1.29, 1.82) is 0 Å². The van der Waals surface area contributed by atoms with Gasteiger partial charge in [0.05, 0.1) is 22.6 Å². The van der Waals surface area contributed by atoms with Crippen molar-refractivity contribution < 1.29 is 4.21 Å². The third-order valence-electron chi connectivity index (χ3n) is 3.83. The molecule has 0 aromatic carbocycles. The molecule has 8 heteroatoms. The number of anilines is 1. The molecule has 1 unspecified atom stereocenters. The molecule has 7 nitrogen and oxygen atoms in total. The Bertz CT molecular complexity index is 848. The van der Waals surface area contributed by atoms with E-state index in [-0.39, 0.29) is 0 Å². The molecular weight excluding hydrogens is 324 g/mol. The van der Waals surface area contributed by atoms with Gasteiger partial charge in [0.25, 0.3) is 0 Å². The van der Waals surface area contributed by atoms with Gasteiger partial charge < -0.3 is 10.3 Å². The van der Waals surface area contributed by atoms with E-state index in [0.29, 0.717) is 16.7 Å². The molecule has 3 aromatic heterocycles. The molecule has 0 fully saturated rings. The first-order chi connectivity index (χ1) is 11.7. The number of hydrogen-bond acceptors (Lipinski definition) is 6. The lowest BCUT2D eigenvalue weighted by Crippen LogP contribution is -2.04.